The number of anilines is 1. The van der Waals surface area contributed by atoms with Crippen LogP contribution in [0.2, 0.25) is 0 Å². The van der Waals surface area contributed by atoms with Gasteiger partial charge in [0.1, 0.15) is 5.82 Å². The monoisotopic (exact) mass is 390 g/mol. The molecule has 3 rings (SSSR count). The Hall–Kier alpha value is -2.98. The topological polar surface area (TPSA) is 124 Å². The maximum atomic E-state index is 14.8. The maximum absolute atomic E-state index is 14.8. The van der Waals surface area contributed by atoms with Crippen molar-refractivity contribution >= 4 is 28.5 Å². The van der Waals surface area contributed by atoms with Crippen molar-refractivity contribution < 1.29 is 19.1 Å². The molecule has 1 fully saturated rings. The molecule has 1 aromatic carbocycles. The third kappa shape index (κ3) is 3.69. The quantitative estimate of drug-likeness (QED) is 0.367. The molecular formula is C18H21FN5O4-. The molecule has 2 aromatic rings. The third-order valence-electron chi connectivity index (χ3n) is 4.95. The predicted octanol–water partition coefficient (Wildman–Crippen LogP) is -1.36. The molecule has 0 unspecified atom stereocenters. The van der Waals surface area contributed by atoms with Gasteiger partial charge >= 0.3 is 0 Å². The Morgan fingerprint density at radius 3 is 2.50 bits per heavy atom. The number of piperazine rings is 1. The van der Waals surface area contributed by atoms with E-state index in [-0.39, 0.29) is 17.8 Å². The molecule has 0 spiro atoms. The van der Waals surface area contributed by atoms with Gasteiger partial charge in [-0.05, 0) is 19.1 Å². The Morgan fingerprint density at radius 2 is 1.93 bits per heavy atom. The number of nitrogens with zero attached hydrogens (tertiary/aromatic N) is 3. The van der Waals surface area contributed by atoms with Gasteiger partial charge in [-0.2, -0.15) is 0 Å². The number of hydrogen-bond donors (Lipinski definition) is 2. The summed E-state index contributed by atoms with van der Waals surface area (Å²) in [6.45, 7) is 4.47. The van der Waals surface area contributed by atoms with Crippen LogP contribution in [0.4, 0.5) is 10.1 Å². The number of carbonyl (C=O) groups excluding carboxylic acids is 2. The Bertz CT molecular complexity index is 982. The molecule has 0 saturated carbocycles. The number of aryl methyl sites for hydroxylation is 1. The zero-order chi connectivity index (χ0) is 20.4. The fraction of sp³-hybridized carbons (Fsp3) is 0.389. The Balaban J connectivity index is 1.94. The van der Waals surface area contributed by atoms with Crippen LogP contribution >= 0.6 is 0 Å². The third-order valence-corrected chi connectivity index (χ3v) is 4.95. The summed E-state index contributed by atoms with van der Waals surface area (Å²) in [5.74, 6) is 2.62. The number of rotatable bonds is 5. The van der Waals surface area contributed by atoms with E-state index in [1.807, 2.05) is 9.80 Å². The van der Waals surface area contributed by atoms with Gasteiger partial charge in [0.15, 0.2) is 5.43 Å². The van der Waals surface area contributed by atoms with Crippen molar-refractivity contribution in [1.29, 1.82) is 0 Å². The van der Waals surface area contributed by atoms with E-state index in [4.69, 9.17) is 5.84 Å². The number of pyridine rings is 1. The standard InChI is InChI=1S/C18H22FN5O4/c1-2-23-9-12(18(27)28)17(26)11-7-13(19)15(8-14(11)23)24-5-3-22(4-6-24)10-16(25)21-20/h7-9H,2-6,10,20H2,1H3,(H,21,25)(H,27,28)/p-1. The van der Waals surface area contributed by atoms with E-state index in [1.165, 1.54) is 6.20 Å². The van der Waals surface area contributed by atoms with Crippen molar-refractivity contribution in [3.63, 3.8) is 0 Å². The van der Waals surface area contributed by atoms with Crippen LogP contribution in [0, 0.1) is 5.82 Å². The molecule has 10 heteroatoms. The Kier molecular flexibility index (Phi) is 5.61. The molecule has 0 bridgehead atoms. The molecule has 1 aliphatic rings. The van der Waals surface area contributed by atoms with E-state index in [0.29, 0.717) is 43.9 Å². The molecule has 1 aromatic heterocycles. The molecule has 1 aliphatic heterocycles. The number of amides is 1. The summed E-state index contributed by atoms with van der Waals surface area (Å²) in [5, 5.41) is 11.2. The first-order valence-corrected chi connectivity index (χ1v) is 8.90. The van der Waals surface area contributed by atoms with Gasteiger partial charge in [0.25, 0.3) is 0 Å². The second kappa shape index (κ2) is 7.95. The lowest BCUT2D eigenvalue weighted by molar-refractivity contribution is -0.255. The lowest BCUT2D eigenvalue weighted by Gasteiger charge is -2.36. The van der Waals surface area contributed by atoms with Crippen molar-refractivity contribution in [3.8, 4) is 0 Å². The number of hydrazine groups is 1. The number of carboxylic acid groups (broad SMARTS) is 1. The second-order valence-electron chi connectivity index (χ2n) is 6.60. The van der Waals surface area contributed by atoms with Crippen LogP contribution in [0.5, 0.6) is 0 Å². The Morgan fingerprint density at radius 1 is 1.25 bits per heavy atom. The number of benzene rings is 1. The number of nitrogens with two attached hydrogens (primary N) is 1. The van der Waals surface area contributed by atoms with Crippen molar-refractivity contribution in [2.45, 2.75) is 13.5 Å². The van der Waals surface area contributed by atoms with Crippen LogP contribution in [0.25, 0.3) is 10.9 Å². The molecule has 28 heavy (non-hydrogen) atoms. The molecular weight excluding hydrogens is 369 g/mol. The van der Waals surface area contributed by atoms with Crippen LogP contribution in [-0.4, -0.2) is 54.1 Å². The fourth-order valence-corrected chi connectivity index (χ4v) is 3.44. The summed E-state index contributed by atoms with van der Waals surface area (Å²) >= 11 is 0. The van der Waals surface area contributed by atoms with Crippen molar-refractivity contribution in [3.05, 3.63) is 39.9 Å². The van der Waals surface area contributed by atoms with E-state index in [1.54, 1.807) is 17.6 Å². The first-order valence-electron chi connectivity index (χ1n) is 8.90. The first kappa shape index (κ1) is 19.8. The molecule has 1 amide bonds. The lowest BCUT2D eigenvalue weighted by atomic mass is 10.1. The largest absolute Gasteiger partial charge is 0.545 e. The molecule has 0 radical (unpaired) electrons. The molecule has 3 N–H and O–H groups in total. The summed E-state index contributed by atoms with van der Waals surface area (Å²) in [5.41, 5.74) is 1.62. The average Bonchev–Trinajstić information content (AvgIpc) is 2.68. The highest BCUT2D eigenvalue weighted by molar-refractivity contribution is 5.92. The molecule has 1 saturated heterocycles. The number of halogens is 1. The van der Waals surface area contributed by atoms with Gasteiger partial charge in [0.05, 0.1) is 29.3 Å². The normalized spacial score (nSPS) is 15.0. The molecule has 9 nitrogen and oxygen atoms in total. The van der Waals surface area contributed by atoms with Gasteiger partial charge in [-0.3, -0.25) is 19.9 Å². The zero-order valence-corrected chi connectivity index (χ0v) is 15.4. The van der Waals surface area contributed by atoms with Crippen LogP contribution in [-0.2, 0) is 11.3 Å². The number of aromatic nitrogens is 1. The highest BCUT2D eigenvalue weighted by Gasteiger charge is 2.22. The predicted molar refractivity (Wildman–Crippen MR) is 99.2 cm³/mol. The average molecular weight is 390 g/mol. The Labute approximate surface area is 160 Å². The summed E-state index contributed by atoms with van der Waals surface area (Å²) in [4.78, 5) is 38.7. The van der Waals surface area contributed by atoms with Gasteiger partial charge in [-0.1, -0.05) is 0 Å². The van der Waals surface area contributed by atoms with Gasteiger partial charge in [0, 0.05) is 44.3 Å². The number of carbonyl (C=O) groups is 2. The van der Waals surface area contributed by atoms with Crippen LogP contribution < -0.4 is 26.7 Å². The summed E-state index contributed by atoms with van der Waals surface area (Å²) in [7, 11) is 0. The van der Waals surface area contributed by atoms with Crippen molar-refractivity contribution in [2.75, 3.05) is 37.6 Å². The minimum absolute atomic E-state index is 0.00283. The smallest absolute Gasteiger partial charge is 0.248 e. The molecule has 0 atom stereocenters. The zero-order valence-electron chi connectivity index (χ0n) is 15.4. The maximum Gasteiger partial charge on any atom is 0.248 e. The van der Waals surface area contributed by atoms with Crippen LogP contribution in [0.15, 0.2) is 23.1 Å². The van der Waals surface area contributed by atoms with E-state index in [0.717, 1.165) is 6.07 Å². The summed E-state index contributed by atoms with van der Waals surface area (Å²) in [6.07, 6.45) is 1.23. The van der Waals surface area contributed by atoms with Gasteiger partial charge in [0.2, 0.25) is 5.91 Å². The lowest BCUT2D eigenvalue weighted by Crippen LogP contribution is -2.50. The molecule has 0 aliphatic carbocycles. The minimum atomic E-state index is -1.59. The molecule has 150 valence electrons. The van der Waals surface area contributed by atoms with Crippen LogP contribution in [0.1, 0.15) is 17.3 Å². The SMILES string of the molecule is CCn1cc(C(=O)[O-])c(=O)c2cc(F)c(N3CCN(CC(=O)NN)CC3)cc21. The van der Waals surface area contributed by atoms with E-state index < -0.39 is 22.8 Å². The van der Waals surface area contributed by atoms with Crippen LogP contribution in [0.3, 0.4) is 0 Å². The van der Waals surface area contributed by atoms with Gasteiger partial charge in [-0.25, -0.2) is 10.2 Å². The number of nitrogens with one attached hydrogen (secondary N) is 1. The van der Waals surface area contributed by atoms with Crippen molar-refractivity contribution in [1.82, 2.24) is 14.9 Å². The number of carboxylic acids is 1. The highest BCUT2D eigenvalue weighted by Crippen LogP contribution is 2.26. The first-order chi connectivity index (χ1) is 13.3. The second-order valence-corrected chi connectivity index (χ2v) is 6.60. The minimum Gasteiger partial charge on any atom is -0.545 e. The number of fused-ring (bicyclic) bond motifs is 1. The molecule has 2 heterocycles. The summed E-state index contributed by atoms with van der Waals surface area (Å²) < 4.78 is 16.4. The van der Waals surface area contributed by atoms with Gasteiger partial charge < -0.3 is 19.4 Å². The number of hydrogen-bond acceptors (Lipinski definition) is 7. The highest BCUT2D eigenvalue weighted by atomic mass is 19.1. The van der Waals surface area contributed by atoms with E-state index >= 15 is 0 Å². The van der Waals surface area contributed by atoms with E-state index in [2.05, 4.69) is 5.43 Å². The van der Waals surface area contributed by atoms with Crippen molar-refractivity contribution in [2.24, 2.45) is 5.84 Å². The van der Waals surface area contributed by atoms with Gasteiger partial charge in [-0.15, -0.1) is 0 Å². The van der Waals surface area contributed by atoms with E-state index in [9.17, 15) is 23.9 Å². The fourth-order valence-electron chi connectivity index (χ4n) is 3.44. The summed E-state index contributed by atoms with van der Waals surface area (Å²) in [6, 6.07) is 2.65. The number of aromatic carboxylic acids is 1.